The van der Waals surface area contributed by atoms with Crippen LogP contribution in [0.15, 0.2) is 6.07 Å². The van der Waals surface area contributed by atoms with E-state index in [0.717, 1.165) is 0 Å². The van der Waals surface area contributed by atoms with Crippen LogP contribution in [0, 0.1) is 0 Å². The molecule has 12 heavy (non-hydrogen) atoms. The molecule has 0 fully saturated rings. The summed E-state index contributed by atoms with van der Waals surface area (Å²) in [5.41, 5.74) is 0.549. The SMILES string of the molecule is CC(=O)Cc1cc(Cl)nc(Cl)n1. The second-order valence-corrected chi connectivity index (χ2v) is 3.06. The van der Waals surface area contributed by atoms with E-state index in [-0.39, 0.29) is 22.6 Å². The summed E-state index contributed by atoms with van der Waals surface area (Å²) in [7, 11) is 0. The minimum atomic E-state index is 0.0147. The van der Waals surface area contributed by atoms with Crippen LogP contribution in [0.1, 0.15) is 12.6 Å². The van der Waals surface area contributed by atoms with Gasteiger partial charge in [-0.25, -0.2) is 9.97 Å². The fourth-order valence-electron chi connectivity index (χ4n) is 0.779. The monoisotopic (exact) mass is 204 g/mol. The van der Waals surface area contributed by atoms with Crippen molar-refractivity contribution in [2.45, 2.75) is 13.3 Å². The first-order valence-corrected chi connectivity index (χ1v) is 4.02. The van der Waals surface area contributed by atoms with E-state index in [9.17, 15) is 4.79 Å². The first-order valence-electron chi connectivity index (χ1n) is 3.26. The molecule has 1 aromatic rings. The van der Waals surface area contributed by atoms with Gasteiger partial charge in [0.15, 0.2) is 0 Å². The number of ketones is 1. The average Bonchev–Trinajstić information content (AvgIpc) is 1.81. The average molecular weight is 205 g/mol. The highest BCUT2D eigenvalue weighted by Crippen LogP contribution is 2.10. The predicted molar refractivity (Wildman–Crippen MR) is 46.4 cm³/mol. The van der Waals surface area contributed by atoms with Crippen LogP contribution in [-0.4, -0.2) is 15.8 Å². The zero-order chi connectivity index (χ0) is 9.14. The minimum Gasteiger partial charge on any atom is -0.300 e. The molecule has 1 aromatic heterocycles. The zero-order valence-electron chi connectivity index (χ0n) is 6.34. The van der Waals surface area contributed by atoms with Gasteiger partial charge >= 0.3 is 0 Å². The lowest BCUT2D eigenvalue weighted by atomic mass is 10.2. The second-order valence-electron chi connectivity index (χ2n) is 2.33. The molecule has 1 heterocycles. The lowest BCUT2D eigenvalue weighted by Crippen LogP contribution is -2.00. The van der Waals surface area contributed by atoms with Crippen molar-refractivity contribution >= 4 is 29.0 Å². The Balaban J connectivity index is 2.93. The molecule has 0 saturated heterocycles. The van der Waals surface area contributed by atoms with Crippen molar-refractivity contribution in [2.24, 2.45) is 0 Å². The zero-order valence-corrected chi connectivity index (χ0v) is 7.85. The minimum absolute atomic E-state index is 0.0147. The van der Waals surface area contributed by atoms with E-state index in [1.807, 2.05) is 0 Å². The third-order valence-electron chi connectivity index (χ3n) is 1.15. The van der Waals surface area contributed by atoms with E-state index in [2.05, 4.69) is 9.97 Å². The maximum absolute atomic E-state index is 10.7. The Bertz CT molecular complexity index is 294. The summed E-state index contributed by atoms with van der Waals surface area (Å²) in [5, 5.41) is 0.324. The molecule has 0 saturated carbocycles. The van der Waals surface area contributed by atoms with Crippen molar-refractivity contribution in [2.75, 3.05) is 0 Å². The third kappa shape index (κ3) is 2.75. The van der Waals surface area contributed by atoms with Gasteiger partial charge in [0.05, 0.1) is 5.69 Å². The van der Waals surface area contributed by atoms with Gasteiger partial charge in [-0.1, -0.05) is 11.6 Å². The molecule has 0 atom stereocenters. The van der Waals surface area contributed by atoms with Crippen molar-refractivity contribution in [3.8, 4) is 0 Å². The molecular weight excluding hydrogens is 199 g/mol. The number of hydrogen-bond acceptors (Lipinski definition) is 3. The van der Waals surface area contributed by atoms with Crippen LogP contribution in [0.5, 0.6) is 0 Å². The van der Waals surface area contributed by atoms with Crippen LogP contribution in [-0.2, 0) is 11.2 Å². The number of nitrogens with zero attached hydrogens (tertiary/aromatic N) is 2. The molecule has 0 aliphatic rings. The fraction of sp³-hybridized carbons (Fsp3) is 0.286. The van der Waals surface area contributed by atoms with Crippen LogP contribution in [0.3, 0.4) is 0 Å². The number of carbonyl (C=O) groups excluding carboxylic acids is 1. The normalized spacial score (nSPS) is 9.92. The summed E-state index contributed by atoms with van der Waals surface area (Å²) in [6, 6.07) is 1.52. The molecule has 0 spiro atoms. The number of rotatable bonds is 2. The van der Waals surface area contributed by atoms with Crippen molar-refractivity contribution in [1.82, 2.24) is 9.97 Å². The molecular formula is C7H6Cl2N2O. The lowest BCUT2D eigenvalue weighted by molar-refractivity contribution is -0.116. The summed E-state index contributed by atoms with van der Waals surface area (Å²) in [6.07, 6.45) is 0.238. The topological polar surface area (TPSA) is 42.9 Å². The summed E-state index contributed by atoms with van der Waals surface area (Å²) in [4.78, 5) is 18.2. The maximum atomic E-state index is 10.7. The second kappa shape index (κ2) is 3.83. The van der Waals surface area contributed by atoms with Crippen molar-refractivity contribution in [1.29, 1.82) is 0 Å². The first-order chi connectivity index (χ1) is 5.58. The third-order valence-corrected chi connectivity index (χ3v) is 1.51. The molecule has 0 bridgehead atoms. The lowest BCUT2D eigenvalue weighted by Gasteiger charge is -1.97. The smallest absolute Gasteiger partial charge is 0.224 e. The van der Waals surface area contributed by atoms with Gasteiger partial charge in [-0.3, -0.25) is 4.79 Å². The maximum Gasteiger partial charge on any atom is 0.224 e. The Morgan fingerprint density at radius 3 is 2.67 bits per heavy atom. The Hall–Kier alpha value is -0.670. The molecule has 0 unspecified atom stereocenters. The Labute approximate surface area is 79.7 Å². The summed E-state index contributed by atoms with van der Waals surface area (Å²) in [6.45, 7) is 1.48. The van der Waals surface area contributed by atoms with Gasteiger partial charge in [0, 0.05) is 6.42 Å². The van der Waals surface area contributed by atoms with Gasteiger partial charge in [0.1, 0.15) is 10.9 Å². The van der Waals surface area contributed by atoms with Gasteiger partial charge in [0.2, 0.25) is 5.28 Å². The number of aromatic nitrogens is 2. The molecule has 64 valence electrons. The molecule has 0 N–H and O–H groups in total. The molecule has 0 aliphatic heterocycles. The van der Waals surface area contributed by atoms with E-state index >= 15 is 0 Å². The molecule has 0 radical (unpaired) electrons. The van der Waals surface area contributed by atoms with Gasteiger partial charge < -0.3 is 0 Å². The molecule has 0 amide bonds. The van der Waals surface area contributed by atoms with E-state index in [1.165, 1.54) is 13.0 Å². The largest absolute Gasteiger partial charge is 0.300 e. The van der Waals surface area contributed by atoms with Crippen LogP contribution < -0.4 is 0 Å². The molecule has 5 heteroatoms. The van der Waals surface area contributed by atoms with E-state index < -0.39 is 0 Å². The van der Waals surface area contributed by atoms with Gasteiger partial charge in [0.25, 0.3) is 0 Å². The standard InChI is InChI=1S/C7H6Cl2N2O/c1-4(12)2-5-3-6(8)11-7(9)10-5/h3H,2H2,1H3. The number of Topliss-reactive ketones (excluding diaryl/α,β-unsaturated/α-hetero) is 1. The van der Waals surface area contributed by atoms with Gasteiger partial charge in [-0.05, 0) is 24.6 Å². The van der Waals surface area contributed by atoms with Crippen molar-refractivity contribution in [3.05, 3.63) is 22.2 Å². The van der Waals surface area contributed by atoms with Crippen molar-refractivity contribution < 1.29 is 4.79 Å². The van der Waals surface area contributed by atoms with E-state index in [0.29, 0.717) is 5.69 Å². The Morgan fingerprint density at radius 2 is 2.17 bits per heavy atom. The predicted octanol–water partition coefficient (Wildman–Crippen LogP) is 1.91. The number of halogens is 2. The van der Waals surface area contributed by atoms with Crippen LogP contribution in [0.2, 0.25) is 10.4 Å². The summed E-state index contributed by atoms with van der Waals surface area (Å²) < 4.78 is 0. The van der Waals surface area contributed by atoms with E-state index in [1.54, 1.807) is 0 Å². The van der Waals surface area contributed by atoms with Gasteiger partial charge in [-0.2, -0.15) is 0 Å². The quantitative estimate of drug-likeness (QED) is 0.547. The van der Waals surface area contributed by atoms with Crippen LogP contribution in [0.4, 0.5) is 0 Å². The summed E-state index contributed by atoms with van der Waals surface area (Å²) in [5.74, 6) is 0.0147. The molecule has 1 rings (SSSR count). The summed E-state index contributed by atoms with van der Waals surface area (Å²) >= 11 is 11.1. The molecule has 0 aliphatic carbocycles. The van der Waals surface area contributed by atoms with Crippen LogP contribution >= 0.6 is 23.2 Å². The van der Waals surface area contributed by atoms with Crippen molar-refractivity contribution in [3.63, 3.8) is 0 Å². The van der Waals surface area contributed by atoms with Crippen LogP contribution in [0.25, 0.3) is 0 Å². The number of carbonyl (C=O) groups is 1. The molecule has 3 nitrogen and oxygen atoms in total. The van der Waals surface area contributed by atoms with Gasteiger partial charge in [-0.15, -0.1) is 0 Å². The van der Waals surface area contributed by atoms with E-state index in [4.69, 9.17) is 23.2 Å². The highest BCUT2D eigenvalue weighted by molar-refractivity contribution is 6.31. The molecule has 0 aromatic carbocycles. The Morgan fingerprint density at radius 1 is 1.50 bits per heavy atom. The number of hydrogen-bond donors (Lipinski definition) is 0. The fourth-order valence-corrected chi connectivity index (χ4v) is 1.23. The highest BCUT2D eigenvalue weighted by atomic mass is 35.5. The Kier molecular flexibility index (Phi) is 3.00. The first kappa shape index (κ1) is 9.42. The highest BCUT2D eigenvalue weighted by Gasteiger charge is 2.03.